The first-order chi connectivity index (χ1) is 16.5. The average Bonchev–Trinajstić information content (AvgIpc) is 2.82. The fraction of sp³-hybridized carbons (Fsp3) is 0.217. The number of nitrogens with zero attached hydrogens (tertiary/aromatic N) is 3. The number of amides is 1. The molecule has 4 N–H and O–H groups in total. The van der Waals surface area contributed by atoms with Gasteiger partial charge in [0.1, 0.15) is 11.6 Å². The van der Waals surface area contributed by atoms with E-state index in [4.69, 9.17) is 5.14 Å². The standard InChI is InChI=1S/C23H24N6O4S2/c1-4-19(22(31)26-15-7-11-17(12-8-15)35(25,32)33)34-23-27-20(18(13-24)21(30)28-23)14-5-9-16(10-6-14)29(2)3/h5-12,19H,4H2,1-3H3,(H,26,31)(H2,25,32,33)(H,27,28,30). The minimum Gasteiger partial charge on any atom is -0.378 e. The molecule has 1 amide bonds. The van der Waals surface area contributed by atoms with Crippen molar-refractivity contribution in [2.24, 2.45) is 5.14 Å². The van der Waals surface area contributed by atoms with Crippen LogP contribution in [0.15, 0.2) is 63.4 Å². The molecule has 0 fully saturated rings. The molecule has 1 heterocycles. The molecule has 0 spiro atoms. The van der Waals surface area contributed by atoms with E-state index >= 15 is 0 Å². The Hall–Kier alpha value is -3.66. The van der Waals surface area contributed by atoms with Crippen LogP contribution in [0.2, 0.25) is 0 Å². The van der Waals surface area contributed by atoms with Crippen molar-refractivity contribution in [2.75, 3.05) is 24.3 Å². The topological polar surface area (TPSA) is 162 Å². The van der Waals surface area contributed by atoms with Gasteiger partial charge < -0.3 is 15.2 Å². The first-order valence-electron chi connectivity index (χ1n) is 10.5. The van der Waals surface area contributed by atoms with Crippen LogP contribution in [-0.2, 0) is 14.8 Å². The molecule has 0 saturated carbocycles. The Morgan fingerprint density at radius 2 is 1.83 bits per heavy atom. The lowest BCUT2D eigenvalue weighted by Gasteiger charge is -2.15. The first kappa shape index (κ1) is 26.0. The number of carbonyl (C=O) groups is 1. The molecule has 2 aromatic carbocycles. The molecule has 182 valence electrons. The van der Waals surface area contributed by atoms with Crippen molar-refractivity contribution < 1.29 is 13.2 Å². The first-order valence-corrected chi connectivity index (χ1v) is 12.9. The summed E-state index contributed by atoms with van der Waals surface area (Å²) in [6.07, 6.45) is 0.419. The Morgan fingerprint density at radius 3 is 2.34 bits per heavy atom. The van der Waals surface area contributed by atoms with Crippen molar-refractivity contribution in [3.05, 3.63) is 64.4 Å². The molecule has 10 nitrogen and oxygen atoms in total. The van der Waals surface area contributed by atoms with Crippen LogP contribution < -0.4 is 20.9 Å². The molecule has 3 rings (SSSR count). The highest BCUT2D eigenvalue weighted by atomic mass is 32.2. The number of thioether (sulfide) groups is 1. The number of sulfonamides is 1. The number of benzene rings is 2. The van der Waals surface area contributed by atoms with Gasteiger partial charge >= 0.3 is 0 Å². The summed E-state index contributed by atoms with van der Waals surface area (Å²) in [5.41, 5.74) is 1.48. The molecule has 0 aliphatic carbocycles. The zero-order valence-electron chi connectivity index (χ0n) is 19.3. The molecule has 0 bridgehead atoms. The predicted octanol–water partition coefficient (Wildman–Crippen LogP) is 2.53. The maximum absolute atomic E-state index is 12.8. The zero-order valence-corrected chi connectivity index (χ0v) is 20.9. The van der Waals surface area contributed by atoms with E-state index in [9.17, 15) is 23.3 Å². The van der Waals surface area contributed by atoms with E-state index in [2.05, 4.69) is 15.3 Å². The normalized spacial score (nSPS) is 12.0. The molecule has 0 aliphatic heterocycles. The lowest BCUT2D eigenvalue weighted by Crippen LogP contribution is -2.25. The Bertz CT molecular complexity index is 1430. The minimum absolute atomic E-state index is 0.0672. The van der Waals surface area contributed by atoms with Crippen LogP contribution in [0.5, 0.6) is 0 Å². The van der Waals surface area contributed by atoms with Crippen LogP contribution in [0.25, 0.3) is 11.3 Å². The van der Waals surface area contributed by atoms with E-state index in [0.717, 1.165) is 17.4 Å². The molecule has 35 heavy (non-hydrogen) atoms. The fourth-order valence-electron chi connectivity index (χ4n) is 3.15. The fourth-order valence-corrected chi connectivity index (χ4v) is 4.56. The third-order valence-electron chi connectivity index (χ3n) is 5.03. The van der Waals surface area contributed by atoms with E-state index in [1.54, 1.807) is 12.1 Å². The SMILES string of the molecule is CCC(Sc1nc(-c2ccc(N(C)C)cc2)c(C#N)c(=O)[nH]1)C(=O)Nc1ccc(S(N)(=O)=O)cc1. The van der Waals surface area contributed by atoms with E-state index in [-0.39, 0.29) is 27.2 Å². The summed E-state index contributed by atoms with van der Waals surface area (Å²) in [6, 6.07) is 14.7. The van der Waals surface area contributed by atoms with E-state index in [1.165, 1.54) is 24.3 Å². The number of aromatic nitrogens is 2. The Morgan fingerprint density at radius 1 is 1.20 bits per heavy atom. The van der Waals surface area contributed by atoms with E-state index < -0.39 is 20.8 Å². The molecule has 1 aromatic heterocycles. The van der Waals surface area contributed by atoms with Crippen LogP contribution in [0.1, 0.15) is 18.9 Å². The van der Waals surface area contributed by atoms with Crippen molar-refractivity contribution >= 4 is 39.1 Å². The lowest BCUT2D eigenvalue weighted by atomic mass is 10.1. The molecule has 3 aromatic rings. The van der Waals surface area contributed by atoms with E-state index in [1.807, 2.05) is 44.1 Å². The number of anilines is 2. The second-order valence-corrected chi connectivity index (χ2v) is 10.5. The number of hydrogen-bond acceptors (Lipinski definition) is 8. The lowest BCUT2D eigenvalue weighted by molar-refractivity contribution is -0.115. The highest BCUT2D eigenvalue weighted by molar-refractivity contribution is 8.00. The Labute approximate surface area is 207 Å². The third-order valence-corrected chi connectivity index (χ3v) is 7.21. The van der Waals surface area contributed by atoms with Gasteiger partial charge in [-0.1, -0.05) is 30.8 Å². The van der Waals surface area contributed by atoms with Gasteiger partial charge in [0, 0.05) is 31.0 Å². The quantitative estimate of drug-likeness (QED) is 0.306. The van der Waals surface area contributed by atoms with Crippen molar-refractivity contribution in [3.8, 4) is 17.3 Å². The predicted molar refractivity (Wildman–Crippen MR) is 136 cm³/mol. The molecular weight excluding hydrogens is 488 g/mol. The maximum atomic E-state index is 12.8. The van der Waals surface area contributed by atoms with Gasteiger partial charge in [0.2, 0.25) is 15.9 Å². The van der Waals surface area contributed by atoms with E-state index in [0.29, 0.717) is 17.7 Å². The summed E-state index contributed by atoms with van der Waals surface area (Å²) in [5.74, 6) is -0.357. The summed E-state index contributed by atoms with van der Waals surface area (Å²) in [6.45, 7) is 1.81. The van der Waals surface area contributed by atoms with Crippen LogP contribution in [0.4, 0.5) is 11.4 Å². The summed E-state index contributed by atoms with van der Waals surface area (Å²) in [5, 5.41) is 16.9. The number of nitrogens with one attached hydrogen (secondary N) is 2. The molecule has 0 radical (unpaired) electrons. The van der Waals surface area contributed by atoms with Crippen molar-refractivity contribution in [1.82, 2.24) is 9.97 Å². The Balaban J connectivity index is 1.85. The number of aromatic amines is 1. The highest BCUT2D eigenvalue weighted by Gasteiger charge is 2.22. The summed E-state index contributed by atoms with van der Waals surface area (Å²) >= 11 is 1.06. The van der Waals surface area contributed by atoms with Crippen molar-refractivity contribution in [3.63, 3.8) is 0 Å². The molecule has 1 atom stereocenters. The number of carbonyl (C=O) groups excluding carboxylic acids is 1. The third kappa shape index (κ3) is 6.27. The molecule has 1 unspecified atom stereocenters. The zero-order chi connectivity index (χ0) is 25.8. The number of primary sulfonamides is 1. The van der Waals surface area contributed by atoms with Crippen LogP contribution in [0.3, 0.4) is 0 Å². The number of nitriles is 1. The van der Waals surface area contributed by atoms with Crippen molar-refractivity contribution in [1.29, 1.82) is 5.26 Å². The van der Waals surface area contributed by atoms with Crippen LogP contribution >= 0.6 is 11.8 Å². The van der Waals surface area contributed by atoms with Gasteiger partial charge in [-0.3, -0.25) is 9.59 Å². The van der Waals surface area contributed by atoms with Gasteiger partial charge in [-0.05, 0) is 42.8 Å². The van der Waals surface area contributed by atoms with Crippen molar-refractivity contribution in [2.45, 2.75) is 28.6 Å². The second kappa shape index (κ2) is 10.7. The van der Waals surface area contributed by atoms with Gasteiger partial charge in [-0.15, -0.1) is 0 Å². The number of rotatable bonds is 8. The summed E-state index contributed by atoms with van der Waals surface area (Å²) in [4.78, 5) is 34.3. The number of hydrogen-bond donors (Lipinski definition) is 3. The second-order valence-electron chi connectivity index (χ2n) is 7.72. The molecular formula is C23H24N6O4S2. The number of H-pyrrole nitrogens is 1. The smallest absolute Gasteiger partial charge is 0.270 e. The molecule has 0 saturated heterocycles. The van der Waals surface area contributed by atoms with Crippen LogP contribution in [-0.4, -0.2) is 43.6 Å². The summed E-state index contributed by atoms with van der Waals surface area (Å²) in [7, 11) is -0.0313. The maximum Gasteiger partial charge on any atom is 0.270 e. The van der Waals surface area contributed by atoms with Gasteiger partial charge in [0.05, 0.1) is 15.8 Å². The minimum atomic E-state index is -3.84. The van der Waals surface area contributed by atoms with Crippen LogP contribution in [0, 0.1) is 11.3 Å². The summed E-state index contributed by atoms with van der Waals surface area (Å²) < 4.78 is 22.8. The molecule has 0 aliphatic rings. The van der Waals surface area contributed by atoms with Gasteiger partial charge in [-0.25, -0.2) is 18.5 Å². The largest absolute Gasteiger partial charge is 0.378 e. The number of nitrogens with two attached hydrogens (primary N) is 1. The molecule has 12 heteroatoms. The Kier molecular flexibility index (Phi) is 7.96. The van der Waals surface area contributed by atoms with Gasteiger partial charge in [-0.2, -0.15) is 5.26 Å². The van der Waals surface area contributed by atoms with Gasteiger partial charge in [0.25, 0.3) is 5.56 Å². The monoisotopic (exact) mass is 512 g/mol. The average molecular weight is 513 g/mol. The van der Waals surface area contributed by atoms with Gasteiger partial charge in [0.15, 0.2) is 5.16 Å². The highest BCUT2D eigenvalue weighted by Crippen LogP contribution is 2.27.